The molecule has 2 N–H and O–H groups in total. The largest absolute Gasteiger partial charge is 0.354 e. The Morgan fingerprint density at radius 3 is 2.92 bits per heavy atom. The van der Waals surface area contributed by atoms with Gasteiger partial charge in [-0.2, -0.15) is 5.10 Å². The molecule has 8 heteroatoms. The van der Waals surface area contributed by atoms with Gasteiger partial charge in [-0.25, -0.2) is 4.98 Å². The summed E-state index contributed by atoms with van der Waals surface area (Å²) in [4.78, 5) is 31.6. The highest BCUT2D eigenvalue weighted by molar-refractivity contribution is 5.92. The second-order valence-corrected chi connectivity index (χ2v) is 6.66. The molecular weight excluding hydrogens is 320 g/mol. The van der Waals surface area contributed by atoms with E-state index < -0.39 is 0 Å². The van der Waals surface area contributed by atoms with Gasteiger partial charge in [-0.3, -0.25) is 9.59 Å². The average molecular weight is 340 g/mol. The second-order valence-electron chi connectivity index (χ2n) is 6.66. The summed E-state index contributed by atoms with van der Waals surface area (Å²) in [6.45, 7) is 2.25. The maximum atomic E-state index is 12.0. The number of aromatic nitrogens is 4. The Balaban J connectivity index is 1.29. The molecule has 8 nitrogen and oxygen atoms in total. The molecule has 1 fully saturated rings. The van der Waals surface area contributed by atoms with Crippen molar-refractivity contribution in [2.45, 2.75) is 25.7 Å². The lowest BCUT2D eigenvalue weighted by atomic mass is 9.95. The summed E-state index contributed by atoms with van der Waals surface area (Å²) >= 11 is 0. The van der Waals surface area contributed by atoms with Crippen molar-refractivity contribution in [3.05, 3.63) is 45.8 Å². The number of nitrogens with one attached hydrogen (secondary N) is 2. The van der Waals surface area contributed by atoms with Crippen LogP contribution >= 0.6 is 0 Å². The number of H-pyrrole nitrogens is 1. The predicted molar refractivity (Wildman–Crippen MR) is 91.6 cm³/mol. The van der Waals surface area contributed by atoms with Gasteiger partial charge in [0.25, 0.3) is 11.5 Å². The quantitative estimate of drug-likeness (QED) is 0.830. The van der Waals surface area contributed by atoms with Crippen molar-refractivity contribution in [3.8, 4) is 0 Å². The molecule has 25 heavy (non-hydrogen) atoms. The highest BCUT2D eigenvalue weighted by Gasteiger charge is 2.29. The monoisotopic (exact) mass is 340 g/mol. The van der Waals surface area contributed by atoms with Crippen LogP contribution in [0.25, 0.3) is 0 Å². The van der Waals surface area contributed by atoms with Crippen LogP contribution in [-0.4, -0.2) is 45.7 Å². The number of hydrogen-bond donors (Lipinski definition) is 2. The fourth-order valence-corrected chi connectivity index (χ4v) is 3.34. The van der Waals surface area contributed by atoms with E-state index in [9.17, 15) is 9.59 Å². The number of carbonyl (C=O) groups excluding carboxylic acids is 1. The number of aromatic amines is 1. The number of aryl methyl sites for hydroxylation is 2. The van der Waals surface area contributed by atoms with Crippen LogP contribution in [0.4, 0.5) is 5.82 Å². The van der Waals surface area contributed by atoms with Gasteiger partial charge in [0.2, 0.25) is 0 Å². The summed E-state index contributed by atoms with van der Waals surface area (Å²) in [6.07, 6.45) is 5.79. The fraction of sp³-hybridized carbons (Fsp3) is 0.471. The molecule has 0 saturated carbocycles. The molecule has 1 saturated heterocycles. The van der Waals surface area contributed by atoms with E-state index in [1.165, 1.54) is 30.8 Å². The van der Waals surface area contributed by atoms with Gasteiger partial charge in [-0.1, -0.05) is 0 Å². The van der Waals surface area contributed by atoms with E-state index in [0.717, 1.165) is 37.4 Å². The highest BCUT2D eigenvalue weighted by atomic mass is 16.2. The highest BCUT2D eigenvalue weighted by Crippen LogP contribution is 2.26. The first-order chi connectivity index (χ1) is 12.2. The first-order valence-electron chi connectivity index (χ1n) is 8.62. The minimum atomic E-state index is -0.332. The van der Waals surface area contributed by atoms with Crippen molar-refractivity contribution in [3.63, 3.8) is 0 Å². The summed E-state index contributed by atoms with van der Waals surface area (Å²) in [7, 11) is 0. The number of rotatable bonds is 4. The van der Waals surface area contributed by atoms with Crippen LogP contribution in [-0.2, 0) is 12.8 Å². The molecule has 0 aromatic carbocycles. The van der Waals surface area contributed by atoms with Gasteiger partial charge in [0, 0.05) is 31.6 Å². The van der Waals surface area contributed by atoms with Crippen molar-refractivity contribution in [2.75, 3.05) is 24.5 Å². The van der Waals surface area contributed by atoms with Crippen LogP contribution in [0.2, 0.25) is 0 Å². The molecule has 0 radical (unpaired) electrons. The van der Waals surface area contributed by atoms with E-state index in [-0.39, 0.29) is 17.2 Å². The van der Waals surface area contributed by atoms with E-state index in [4.69, 9.17) is 0 Å². The summed E-state index contributed by atoms with van der Waals surface area (Å²) in [5.74, 6) is 0.974. The van der Waals surface area contributed by atoms with E-state index in [1.54, 1.807) is 0 Å². The van der Waals surface area contributed by atoms with Crippen LogP contribution in [0.15, 0.2) is 23.3 Å². The Morgan fingerprint density at radius 1 is 1.24 bits per heavy atom. The molecule has 0 spiro atoms. The molecule has 2 aromatic heterocycles. The van der Waals surface area contributed by atoms with Gasteiger partial charge in [-0.05, 0) is 37.3 Å². The van der Waals surface area contributed by atoms with Crippen molar-refractivity contribution < 1.29 is 4.79 Å². The zero-order valence-corrected chi connectivity index (χ0v) is 13.9. The first-order valence-corrected chi connectivity index (χ1v) is 8.62. The fourth-order valence-electron chi connectivity index (χ4n) is 3.34. The van der Waals surface area contributed by atoms with Crippen molar-refractivity contribution >= 4 is 11.7 Å². The zero-order valence-electron chi connectivity index (χ0n) is 13.9. The number of nitrogens with zero attached hydrogens (tertiary/aromatic N) is 4. The van der Waals surface area contributed by atoms with Crippen LogP contribution in [0.3, 0.4) is 0 Å². The lowest BCUT2D eigenvalue weighted by Gasteiger charge is -2.40. The normalized spacial score (nSPS) is 16.9. The SMILES string of the molecule is O=C(NCC1CN(c2cc3c(nn2)CCCC3)C1)c1cc(=O)[nH]cn1. The van der Waals surface area contributed by atoms with Gasteiger partial charge in [-0.15, -0.1) is 5.10 Å². The third-order valence-corrected chi connectivity index (χ3v) is 4.80. The zero-order chi connectivity index (χ0) is 17.2. The second kappa shape index (κ2) is 6.62. The third kappa shape index (κ3) is 3.38. The molecular formula is C17H20N6O2. The van der Waals surface area contributed by atoms with E-state index in [0.29, 0.717) is 12.5 Å². The maximum Gasteiger partial charge on any atom is 0.270 e. The third-order valence-electron chi connectivity index (χ3n) is 4.80. The van der Waals surface area contributed by atoms with Crippen LogP contribution in [0, 0.1) is 5.92 Å². The van der Waals surface area contributed by atoms with E-state index in [1.807, 2.05) is 0 Å². The smallest absolute Gasteiger partial charge is 0.270 e. The Bertz CT molecular complexity index is 843. The van der Waals surface area contributed by atoms with E-state index in [2.05, 4.69) is 36.4 Å². The molecule has 3 heterocycles. The first kappa shape index (κ1) is 15.7. The van der Waals surface area contributed by atoms with Gasteiger partial charge in [0.1, 0.15) is 5.69 Å². The molecule has 2 aromatic rings. The van der Waals surface area contributed by atoms with Gasteiger partial charge in [0.15, 0.2) is 5.82 Å². The molecule has 1 aliphatic carbocycles. The molecule has 130 valence electrons. The molecule has 0 unspecified atom stereocenters. The molecule has 0 bridgehead atoms. The van der Waals surface area contributed by atoms with Crippen LogP contribution in [0.5, 0.6) is 0 Å². The minimum Gasteiger partial charge on any atom is -0.354 e. The number of carbonyl (C=O) groups is 1. The Labute approximate surface area is 144 Å². The molecule has 4 rings (SSSR count). The van der Waals surface area contributed by atoms with Gasteiger partial charge in [0.05, 0.1) is 12.0 Å². The minimum absolute atomic E-state index is 0.139. The molecule has 1 aliphatic heterocycles. The number of anilines is 1. The topological polar surface area (TPSA) is 104 Å². The van der Waals surface area contributed by atoms with Crippen molar-refractivity contribution in [1.82, 2.24) is 25.5 Å². The van der Waals surface area contributed by atoms with Crippen LogP contribution in [0.1, 0.15) is 34.6 Å². The summed E-state index contributed by atoms with van der Waals surface area (Å²) in [6, 6.07) is 3.36. The maximum absolute atomic E-state index is 12.0. The predicted octanol–water partition coefficient (Wildman–Crippen LogP) is 0.305. The Kier molecular flexibility index (Phi) is 4.17. The average Bonchev–Trinajstić information content (AvgIpc) is 2.60. The molecule has 2 aliphatic rings. The Morgan fingerprint density at radius 2 is 2.08 bits per heavy atom. The number of amides is 1. The summed E-state index contributed by atoms with van der Waals surface area (Å²) in [5, 5.41) is 11.5. The lowest BCUT2D eigenvalue weighted by Crippen LogP contribution is -2.52. The molecule has 1 amide bonds. The standard InChI is InChI=1S/C17H20N6O2/c24-16-6-14(19-10-20-16)17(25)18-7-11-8-23(9-11)15-5-12-3-1-2-4-13(12)21-22-15/h5-6,10-11H,1-4,7-9H2,(H,18,25)(H,19,20,24). The van der Waals surface area contributed by atoms with Crippen LogP contribution < -0.4 is 15.8 Å². The van der Waals surface area contributed by atoms with E-state index >= 15 is 0 Å². The van der Waals surface area contributed by atoms with Gasteiger partial charge < -0.3 is 15.2 Å². The van der Waals surface area contributed by atoms with Crippen molar-refractivity contribution in [1.29, 1.82) is 0 Å². The lowest BCUT2D eigenvalue weighted by molar-refractivity contribution is 0.0939. The summed E-state index contributed by atoms with van der Waals surface area (Å²) in [5.41, 5.74) is 2.28. The number of fused-ring (bicyclic) bond motifs is 1. The van der Waals surface area contributed by atoms with Gasteiger partial charge >= 0.3 is 0 Å². The van der Waals surface area contributed by atoms with Crippen molar-refractivity contribution in [2.24, 2.45) is 5.92 Å². The summed E-state index contributed by atoms with van der Waals surface area (Å²) < 4.78 is 0. The Hall–Kier alpha value is -2.77. The molecule has 0 atom stereocenters. The number of hydrogen-bond acceptors (Lipinski definition) is 6.